The number of carbonyl (C=O) groups excluding carboxylic acids is 1. The molecule has 0 bridgehead atoms. The Balaban J connectivity index is 2.52. The highest BCUT2D eigenvalue weighted by atomic mass is 127. The SMILES string of the molecule is COc1ccc(C(=O)c2ccc(I)c(Cl)c2)c(OC)c1Cl. The molecular weight excluding hydrogens is 426 g/mol. The van der Waals surface area contributed by atoms with Gasteiger partial charge in [-0.1, -0.05) is 23.2 Å². The summed E-state index contributed by atoms with van der Waals surface area (Å²) in [7, 11) is 2.96. The summed E-state index contributed by atoms with van der Waals surface area (Å²) >= 11 is 14.3. The Labute approximate surface area is 146 Å². The Kier molecular flexibility index (Phi) is 5.35. The quantitative estimate of drug-likeness (QED) is 0.507. The molecule has 0 atom stereocenters. The highest BCUT2D eigenvalue weighted by Gasteiger charge is 2.20. The smallest absolute Gasteiger partial charge is 0.196 e. The van der Waals surface area contributed by atoms with Crippen LogP contribution in [-0.4, -0.2) is 20.0 Å². The second-order valence-electron chi connectivity index (χ2n) is 4.12. The molecule has 0 saturated heterocycles. The van der Waals surface area contributed by atoms with Crippen molar-refractivity contribution in [3.63, 3.8) is 0 Å². The number of carbonyl (C=O) groups is 1. The maximum Gasteiger partial charge on any atom is 0.196 e. The first kappa shape index (κ1) is 16.4. The highest BCUT2D eigenvalue weighted by Crippen LogP contribution is 2.38. The summed E-state index contributed by atoms with van der Waals surface area (Å²) in [6, 6.07) is 8.38. The second-order valence-corrected chi connectivity index (χ2v) is 6.07. The molecule has 0 amide bonds. The molecule has 0 radical (unpaired) electrons. The maximum absolute atomic E-state index is 12.6. The molecule has 0 heterocycles. The summed E-state index contributed by atoms with van der Waals surface area (Å²) in [5.74, 6) is 0.524. The van der Waals surface area contributed by atoms with Crippen LogP contribution in [0, 0.1) is 3.57 Å². The zero-order valence-corrected chi connectivity index (χ0v) is 14.9. The van der Waals surface area contributed by atoms with Crippen molar-refractivity contribution in [3.8, 4) is 11.5 Å². The number of benzene rings is 2. The molecule has 0 aliphatic rings. The minimum absolute atomic E-state index is 0.213. The van der Waals surface area contributed by atoms with Crippen molar-refractivity contribution in [1.82, 2.24) is 0 Å². The van der Waals surface area contributed by atoms with Crippen molar-refractivity contribution in [2.24, 2.45) is 0 Å². The van der Waals surface area contributed by atoms with Crippen LogP contribution in [0.15, 0.2) is 30.3 Å². The van der Waals surface area contributed by atoms with Crippen molar-refractivity contribution < 1.29 is 14.3 Å². The Bertz CT molecular complexity index is 702. The summed E-state index contributed by atoms with van der Waals surface area (Å²) in [5, 5.41) is 0.794. The van der Waals surface area contributed by atoms with E-state index in [1.165, 1.54) is 14.2 Å². The van der Waals surface area contributed by atoms with Crippen molar-refractivity contribution in [3.05, 3.63) is 55.1 Å². The van der Waals surface area contributed by atoms with E-state index in [0.717, 1.165) is 3.57 Å². The third-order valence-corrected chi connectivity index (χ3v) is 4.84. The van der Waals surface area contributed by atoms with Gasteiger partial charge in [0.05, 0.1) is 24.8 Å². The van der Waals surface area contributed by atoms with E-state index in [2.05, 4.69) is 22.6 Å². The lowest BCUT2D eigenvalue weighted by atomic mass is 10.0. The molecule has 21 heavy (non-hydrogen) atoms. The van der Waals surface area contributed by atoms with E-state index in [1.807, 2.05) is 0 Å². The van der Waals surface area contributed by atoms with E-state index >= 15 is 0 Å². The van der Waals surface area contributed by atoms with Crippen LogP contribution in [0.5, 0.6) is 11.5 Å². The number of methoxy groups -OCH3 is 2. The van der Waals surface area contributed by atoms with Gasteiger partial charge in [-0.15, -0.1) is 0 Å². The predicted octanol–water partition coefficient (Wildman–Crippen LogP) is 4.85. The third-order valence-electron chi connectivity index (χ3n) is 2.91. The van der Waals surface area contributed by atoms with E-state index in [1.54, 1.807) is 30.3 Å². The highest BCUT2D eigenvalue weighted by molar-refractivity contribution is 14.1. The van der Waals surface area contributed by atoms with E-state index < -0.39 is 0 Å². The van der Waals surface area contributed by atoms with E-state index in [9.17, 15) is 4.79 Å². The molecule has 2 rings (SSSR count). The summed E-state index contributed by atoms with van der Waals surface area (Å²) in [5.41, 5.74) is 0.834. The monoisotopic (exact) mass is 436 g/mol. The molecule has 6 heteroatoms. The molecule has 0 unspecified atom stereocenters. The van der Waals surface area contributed by atoms with Gasteiger partial charge in [0.1, 0.15) is 10.8 Å². The number of halogens is 3. The van der Waals surface area contributed by atoms with Crippen molar-refractivity contribution in [2.45, 2.75) is 0 Å². The molecule has 0 N–H and O–H groups in total. The Morgan fingerprint density at radius 2 is 1.81 bits per heavy atom. The summed E-state index contributed by atoms with van der Waals surface area (Å²) in [6.07, 6.45) is 0. The fourth-order valence-electron chi connectivity index (χ4n) is 1.87. The van der Waals surface area contributed by atoms with Crippen molar-refractivity contribution in [2.75, 3.05) is 14.2 Å². The van der Waals surface area contributed by atoms with Crippen molar-refractivity contribution in [1.29, 1.82) is 0 Å². The van der Waals surface area contributed by atoms with Crippen molar-refractivity contribution >= 4 is 51.6 Å². The van der Waals surface area contributed by atoms with E-state index in [-0.39, 0.29) is 16.6 Å². The van der Waals surface area contributed by atoms with Gasteiger partial charge in [0.15, 0.2) is 11.5 Å². The van der Waals surface area contributed by atoms with Crippen LogP contribution < -0.4 is 9.47 Å². The zero-order chi connectivity index (χ0) is 15.6. The van der Waals surface area contributed by atoms with Crippen LogP contribution >= 0.6 is 45.8 Å². The van der Waals surface area contributed by atoms with Gasteiger partial charge < -0.3 is 9.47 Å². The predicted molar refractivity (Wildman–Crippen MR) is 92.2 cm³/mol. The molecule has 0 aromatic heterocycles. The first-order valence-electron chi connectivity index (χ1n) is 5.89. The number of ketones is 1. The first-order chi connectivity index (χ1) is 9.99. The zero-order valence-electron chi connectivity index (χ0n) is 11.2. The lowest BCUT2D eigenvalue weighted by molar-refractivity contribution is 0.103. The average molecular weight is 437 g/mol. The van der Waals surface area contributed by atoms with Crippen LogP contribution in [-0.2, 0) is 0 Å². The lowest BCUT2D eigenvalue weighted by Crippen LogP contribution is -2.05. The van der Waals surface area contributed by atoms with E-state index in [0.29, 0.717) is 21.9 Å². The van der Waals surface area contributed by atoms with E-state index in [4.69, 9.17) is 32.7 Å². The van der Waals surface area contributed by atoms with Gasteiger partial charge in [-0.05, 0) is 52.9 Å². The molecule has 110 valence electrons. The Morgan fingerprint density at radius 1 is 1.10 bits per heavy atom. The molecule has 0 aliphatic heterocycles. The fourth-order valence-corrected chi connectivity index (χ4v) is 2.70. The normalized spacial score (nSPS) is 10.3. The van der Waals surface area contributed by atoms with Gasteiger partial charge in [-0.2, -0.15) is 0 Å². The van der Waals surface area contributed by atoms with Gasteiger partial charge in [0.2, 0.25) is 0 Å². The van der Waals surface area contributed by atoms with Gasteiger partial charge in [0.25, 0.3) is 0 Å². The molecule has 0 fully saturated rings. The molecule has 0 spiro atoms. The first-order valence-corrected chi connectivity index (χ1v) is 7.73. The molecule has 3 nitrogen and oxygen atoms in total. The maximum atomic E-state index is 12.6. The summed E-state index contributed by atoms with van der Waals surface area (Å²) in [4.78, 5) is 12.6. The van der Waals surface area contributed by atoms with Crippen LogP contribution in [0.3, 0.4) is 0 Å². The number of hydrogen-bond acceptors (Lipinski definition) is 3. The number of rotatable bonds is 4. The molecule has 2 aromatic rings. The van der Waals surface area contributed by atoms with Gasteiger partial charge >= 0.3 is 0 Å². The minimum Gasteiger partial charge on any atom is -0.495 e. The average Bonchev–Trinajstić information content (AvgIpc) is 2.49. The lowest BCUT2D eigenvalue weighted by Gasteiger charge is -2.12. The topological polar surface area (TPSA) is 35.5 Å². The van der Waals surface area contributed by atoms with Crippen LogP contribution in [0.1, 0.15) is 15.9 Å². The Hall–Kier alpha value is -0.980. The van der Waals surface area contributed by atoms with Crippen LogP contribution in [0.25, 0.3) is 0 Å². The van der Waals surface area contributed by atoms with Gasteiger partial charge in [-0.3, -0.25) is 4.79 Å². The summed E-state index contributed by atoms with van der Waals surface area (Å²) in [6.45, 7) is 0. The minimum atomic E-state index is -0.213. The van der Waals surface area contributed by atoms with Crippen LogP contribution in [0.4, 0.5) is 0 Å². The largest absolute Gasteiger partial charge is 0.495 e. The summed E-state index contributed by atoms with van der Waals surface area (Å²) < 4.78 is 11.2. The number of ether oxygens (including phenoxy) is 2. The number of hydrogen-bond donors (Lipinski definition) is 0. The second kappa shape index (κ2) is 6.85. The van der Waals surface area contributed by atoms with Gasteiger partial charge in [-0.25, -0.2) is 0 Å². The fraction of sp³-hybridized carbons (Fsp3) is 0.133. The van der Waals surface area contributed by atoms with Gasteiger partial charge in [0, 0.05) is 9.13 Å². The Morgan fingerprint density at radius 3 is 2.38 bits per heavy atom. The molecular formula is C15H11Cl2IO3. The molecule has 0 saturated carbocycles. The van der Waals surface area contributed by atoms with Crippen LogP contribution in [0.2, 0.25) is 10.0 Å². The molecule has 0 aliphatic carbocycles. The standard InChI is InChI=1S/C15H11Cl2IO3/c1-20-12-6-4-9(15(21-2)13(12)17)14(19)8-3-5-11(18)10(16)7-8/h3-7H,1-2H3. The molecule has 2 aromatic carbocycles. The third kappa shape index (κ3) is 3.27.